The molecule has 6 nitrogen and oxygen atoms in total. The molecular formula is C25H30N4O2. The Morgan fingerprint density at radius 1 is 1.00 bits per heavy atom. The molecule has 162 valence electrons. The third-order valence-corrected chi connectivity index (χ3v) is 5.98. The molecule has 3 aromatic rings. The van der Waals surface area contributed by atoms with E-state index in [1.807, 2.05) is 48.5 Å². The van der Waals surface area contributed by atoms with Gasteiger partial charge in [-0.25, -0.2) is 4.98 Å². The van der Waals surface area contributed by atoms with Crippen LogP contribution in [0.5, 0.6) is 0 Å². The van der Waals surface area contributed by atoms with Crippen LogP contribution in [-0.4, -0.2) is 46.5 Å². The molecule has 0 saturated carbocycles. The Kier molecular flexibility index (Phi) is 6.77. The minimum Gasteiger partial charge on any atom is -0.351 e. The number of para-hydroxylation sites is 2. The number of rotatable bonds is 6. The van der Waals surface area contributed by atoms with Crippen LogP contribution in [0.25, 0.3) is 11.0 Å². The first kappa shape index (κ1) is 21.2. The van der Waals surface area contributed by atoms with E-state index in [4.69, 9.17) is 0 Å². The normalized spacial score (nSPS) is 15.0. The van der Waals surface area contributed by atoms with E-state index in [0.29, 0.717) is 24.3 Å². The number of aromatic nitrogens is 2. The topological polar surface area (TPSA) is 67.2 Å². The van der Waals surface area contributed by atoms with Crippen molar-refractivity contribution in [2.24, 2.45) is 0 Å². The van der Waals surface area contributed by atoms with E-state index in [0.717, 1.165) is 36.2 Å². The fraction of sp³-hybridized carbons (Fsp3) is 0.400. The minimum absolute atomic E-state index is 0.0521. The Morgan fingerprint density at radius 2 is 1.71 bits per heavy atom. The molecule has 0 bridgehead atoms. The molecule has 0 atom stereocenters. The van der Waals surface area contributed by atoms with Crippen molar-refractivity contribution in [2.75, 3.05) is 26.2 Å². The predicted octanol–water partition coefficient (Wildman–Crippen LogP) is 3.36. The Balaban J connectivity index is 1.39. The van der Waals surface area contributed by atoms with Crippen molar-refractivity contribution in [2.45, 2.75) is 39.2 Å². The molecule has 4 rings (SSSR count). The van der Waals surface area contributed by atoms with Crippen molar-refractivity contribution in [1.82, 2.24) is 19.8 Å². The van der Waals surface area contributed by atoms with Crippen molar-refractivity contribution in [3.05, 3.63) is 75.7 Å². The Hall–Kier alpha value is -2.99. The zero-order valence-electron chi connectivity index (χ0n) is 18.1. The van der Waals surface area contributed by atoms with E-state index in [-0.39, 0.29) is 11.5 Å². The highest BCUT2D eigenvalue weighted by atomic mass is 16.1. The van der Waals surface area contributed by atoms with Gasteiger partial charge in [0.2, 0.25) is 0 Å². The lowest BCUT2D eigenvalue weighted by atomic mass is 10.1. The molecule has 1 aliphatic rings. The van der Waals surface area contributed by atoms with Crippen LogP contribution >= 0.6 is 0 Å². The van der Waals surface area contributed by atoms with Gasteiger partial charge in [-0.1, -0.05) is 37.1 Å². The van der Waals surface area contributed by atoms with Gasteiger partial charge < -0.3 is 14.8 Å². The molecule has 1 N–H and O–H groups in total. The Bertz CT molecular complexity index is 1100. The molecule has 1 saturated heterocycles. The lowest BCUT2D eigenvalue weighted by Gasteiger charge is -2.19. The number of nitrogens with one attached hydrogen (secondary N) is 1. The molecule has 1 fully saturated rings. The van der Waals surface area contributed by atoms with Crippen molar-refractivity contribution < 1.29 is 4.79 Å². The number of nitrogens with zero attached hydrogens (tertiary/aromatic N) is 3. The van der Waals surface area contributed by atoms with Crippen LogP contribution in [0.15, 0.2) is 53.3 Å². The zero-order valence-corrected chi connectivity index (χ0v) is 18.1. The van der Waals surface area contributed by atoms with E-state index >= 15 is 0 Å². The Morgan fingerprint density at radius 3 is 2.45 bits per heavy atom. The molecule has 6 heteroatoms. The summed E-state index contributed by atoms with van der Waals surface area (Å²) >= 11 is 0. The number of carbonyl (C=O) groups excluding carboxylic acids is 1. The number of hydrogen-bond acceptors (Lipinski definition) is 4. The summed E-state index contributed by atoms with van der Waals surface area (Å²) in [6.07, 6.45) is 5.14. The van der Waals surface area contributed by atoms with Gasteiger partial charge in [0.15, 0.2) is 0 Å². The van der Waals surface area contributed by atoms with E-state index in [2.05, 4.69) is 15.2 Å². The van der Waals surface area contributed by atoms with E-state index in [1.165, 1.54) is 25.7 Å². The molecule has 1 aromatic heterocycles. The Labute approximate surface area is 182 Å². The van der Waals surface area contributed by atoms with Crippen molar-refractivity contribution in [3.8, 4) is 0 Å². The number of likely N-dealkylation sites (tertiary alicyclic amines) is 1. The van der Waals surface area contributed by atoms with Gasteiger partial charge in [0.1, 0.15) is 5.69 Å². The number of fused-ring (bicyclic) bond motifs is 1. The highest BCUT2D eigenvalue weighted by Gasteiger charge is 2.11. The first-order chi connectivity index (χ1) is 15.1. The van der Waals surface area contributed by atoms with Crippen LogP contribution in [0, 0.1) is 6.92 Å². The molecule has 31 heavy (non-hydrogen) atoms. The highest BCUT2D eigenvalue weighted by Crippen LogP contribution is 2.13. The summed E-state index contributed by atoms with van der Waals surface area (Å²) < 4.78 is 1.74. The van der Waals surface area contributed by atoms with Gasteiger partial charge in [-0.2, -0.15) is 0 Å². The monoisotopic (exact) mass is 418 g/mol. The maximum atomic E-state index is 12.7. The zero-order chi connectivity index (χ0) is 21.6. The second-order valence-corrected chi connectivity index (χ2v) is 8.29. The van der Waals surface area contributed by atoms with Crippen LogP contribution in [0.4, 0.5) is 0 Å². The van der Waals surface area contributed by atoms with Crippen LogP contribution < -0.4 is 10.9 Å². The first-order valence-corrected chi connectivity index (χ1v) is 11.2. The molecule has 2 aromatic carbocycles. The summed E-state index contributed by atoms with van der Waals surface area (Å²) in [4.78, 5) is 32.0. The fourth-order valence-corrected chi connectivity index (χ4v) is 4.21. The molecule has 1 aliphatic heterocycles. The summed E-state index contributed by atoms with van der Waals surface area (Å²) in [6, 6.07) is 15.2. The second-order valence-electron chi connectivity index (χ2n) is 8.29. The summed E-state index contributed by atoms with van der Waals surface area (Å²) in [7, 11) is 0. The van der Waals surface area contributed by atoms with Crippen molar-refractivity contribution in [1.29, 1.82) is 0 Å². The van der Waals surface area contributed by atoms with Crippen LogP contribution in [-0.2, 0) is 6.54 Å². The maximum Gasteiger partial charge on any atom is 0.272 e. The van der Waals surface area contributed by atoms with Gasteiger partial charge in [-0.3, -0.25) is 9.59 Å². The van der Waals surface area contributed by atoms with Gasteiger partial charge in [0, 0.05) is 18.7 Å². The van der Waals surface area contributed by atoms with Crippen LogP contribution in [0.1, 0.15) is 47.3 Å². The first-order valence-electron chi connectivity index (χ1n) is 11.2. The van der Waals surface area contributed by atoms with Crippen molar-refractivity contribution in [3.63, 3.8) is 0 Å². The van der Waals surface area contributed by atoms with E-state index in [1.54, 1.807) is 11.5 Å². The number of amides is 1. The van der Waals surface area contributed by atoms with Gasteiger partial charge >= 0.3 is 0 Å². The van der Waals surface area contributed by atoms with E-state index in [9.17, 15) is 9.59 Å². The number of benzene rings is 2. The summed E-state index contributed by atoms with van der Waals surface area (Å²) in [6.45, 7) is 6.02. The molecule has 1 amide bonds. The van der Waals surface area contributed by atoms with Crippen molar-refractivity contribution >= 4 is 16.9 Å². The minimum atomic E-state index is -0.0889. The van der Waals surface area contributed by atoms with Crippen LogP contribution in [0.2, 0.25) is 0 Å². The molecule has 0 spiro atoms. The summed E-state index contributed by atoms with van der Waals surface area (Å²) in [5.74, 6) is -0.0521. The molecule has 0 unspecified atom stereocenters. The summed E-state index contributed by atoms with van der Waals surface area (Å²) in [5, 5.41) is 3.03. The standard InChI is InChI=1S/C25H30N4O2/c1-19-25(31)29(23-9-5-4-8-22(23)27-19)18-20-10-12-21(13-11-20)24(30)26-14-17-28-15-6-2-3-7-16-28/h4-5,8-13H,2-3,6-7,14-18H2,1H3,(H,26,30). The smallest absolute Gasteiger partial charge is 0.272 e. The second kappa shape index (κ2) is 9.88. The molecule has 0 radical (unpaired) electrons. The van der Waals surface area contributed by atoms with E-state index < -0.39 is 0 Å². The lowest BCUT2D eigenvalue weighted by Crippen LogP contribution is -2.35. The summed E-state index contributed by atoms with van der Waals surface area (Å²) in [5.41, 5.74) is 3.63. The average Bonchev–Trinajstić information content (AvgIpc) is 3.06. The maximum absolute atomic E-state index is 12.7. The molecule has 0 aliphatic carbocycles. The van der Waals surface area contributed by atoms with Crippen LogP contribution in [0.3, 0.4) is 0 Å². The molecule has 2 heterocycles. The number of hydrogen-bond donors (Lipinski definition) is 1. The third-order valence-electron chi connectivity index (χ3n) is 5.98. The fourth-order valence-electron chi connectivity index (χ4n) is 4.21. The average molecular weight is 419 g/mol. The highest BCUT2D eigenvalue weighted by molar-refractivity contribution is 5.94. The SMILES string of the molecule is Cc1nc2ccccc2n(Cc2ccc(C(=O)NCCN3CCCCCC3)cc2)c1=O. The van der Waals surface area contributed by atoms with Gasteiger partial charge in [0.25, 0.3) is 11.5 Å². The van der Waals surface area contributed by atoms with Gasteiger partial charge in [-0.15, -0.1) is 0 Å². The molecular weight excluding hydrogens is 388 g/mol. The third kappa shape index (κ3) is 5.20. The number of aryl methyl sites for hydroxylation is 1. The largest absolute Gasteiger partial charge is 0.351 e. The predicted molar refractivity (Wildman–Crippen MR) is 124 cm³/mol. The lowest BCUT2D eigenvalue weighted by molar-refractivity contribution is 0.0948. The quantitative estimate of drug-likeness (QED) is 0.667. The van der Waals surface area contributed by atoms with Gasteiger partial charge in [-0.05, 0) is 62.7 Å². The number of carbonyl (C=O) groups is 1. The van der Waals surface area contributed by atoms with Gasteiger partial charge in [0.05, 0.1) is 17.6 Å².